The Hall–Kier alpha value is -2.84. The minimum atomic E-state index is -0.970. The van der Waals surface area contributed by atoms with E-state index >= 15 is 0 Å². The molecule has 0 aliphatic heterocycles. The summed E-state index contributed by atoms with van der Waals surface area (Å²) in [5, 5.41) is 12.0. The van der Waals surface area contributed by atoms with E-state index in [2.05, 4.69) is 5.32 Å². The van der Waals surface area contributed by atoms with Gasteiger partial charge in [-0.3, -0.25) is 9.59 Å². The number of hydrogen-bond acceptors (Lipinski definition) is 4. The van der Waals surface area contributed by atoms with Crippen molar-refractivity contribution >= 4 is 29.2 Å². The van der Waals surface area contributed by atoms with Gasteiger partial charge in [0.15, 0.2) is 6.10 Å². The third kappa shape index (κ3) is 5.33. The van der Waals surface area contributed by atoms with Crippen LogP contribution in [0.5, 0.6) is 0 Å². The quantitative estimate of drug-likeness (QED) is 0.829. The number of rotatable bonds is 5. The van der Waals surface area contributed by atoms with Crippen molar-refractivity contribution < 1.29 is 14.3 Å². The number of carbonyl (C=O) groups excluding carboxylic acids is 2. The maximum absolute atomic E-state index is 12.1. The minimum Gasteiger partial charge on any atom is -0.452 e. The molecule has 0 saturated carbocycles. The van der Waals surface area contributed by atoms with Crippen molar-refractivity contribution in [1.82, 2.24) is 0 Å². The van der Waals surface area contributed by atoms with Crippen LogP contribution in [0.1, 0.15) is 23.6 Å². The van der Waals surface area contributed by atoms with E-state index in [1.165, 1.54) is 6.92 Å². The van der Waals surface area contributed by atoms with Crippen LogP contribution in [0.4, 0.5) is 5.69 Å². The number of benzene rings is 2. The number of ether oxygens (including phenoxy) is 1. The Bertz CT molecular complexity index is 843. The summed E-state index contributed by atoms with van der Waals surface area (Å²) in [6, 6.07) is 13.8. The largest absolute Gasteiger partial charge is 0.452 e. The molecule has 1 atom stereocenters. The third-order valence-corrected chi connectivity index (χ3v) is 3.83. The van der Waals surface area contributed by atoms with Crippen LogP contribution in [0.15, 0.2) is 42.5 Å². The zero-order valence-electron chi connectivity index (χ0n) is 13.9. The lowest BCUT2D eigenvalue weighted by atomic mass is 10.1. The molecule has 128 valence electrons. The van der Waals surface area contributed by atoms with Gasteiger partial charge in [0.25, 0.3) is 5.91 Å². The van der Waals surface area contributed by atoms with Gasteiger partial charge in [-0.15, -0.1) is 0 Å². The zero-order chi connectivity index (χ0) is 18.4. The van der Waals surface area contributed by atoms with Gasteiger partial charge in [-0.2, -0.15) is 5.26 Å². The Morgan fingerprint density at radius 1 is 1.28 bits per heavy atom. The number of nitrogens with one attached hydrogen (secondary N) is 1. The van der Waals surface area contributed by atoms with Gasteiger partial charge in [0.05, 0.1) is 18.1 Å². The standard InChI is InChI=1S/C19H17ClN2O3/c1-12-6-7-15(17(20)8-12)10-18(23)25-13(2)19(24)22-16-5-3-4-14(9-16)11-21/h3-9,13H,10H2,1-2H3,(H,22,24). The van der Waals surface area contributed by atoms with E-state index in [4.69, 9.17) is 21.6 Å². The Balaban J connectivity index is 1.93. The van der Waals surface area contributed by atoms with Gasteiger partial charge in [0, 0.05) is 10.7 Å². The Labute approximate surface area is 151 Å². The molecular weight excluding hydrogens is 340 g/mol. The number of anilines is 1. The lowest BCUT2D eigenvalue weighted by molar-refractivity contribution is -0.152. The molecule has 0 radical (unpaired) electrons. The van der Waals surface area contributed by atoms with Crippen LogP contribution in [-0.4, -0.2) is 18.0 Å². The van der Waals surface area contributed by atoms with E-state index in [1.54, 1.807) is 36.4 Å². The van der Waals surface area contributed by atoms with E-state index in [1.807, 2.05) is 19.1 Å². The second-order valence-electron chi connectivity index (χ2n) is 5.59. The van der Waals surface area contributed by atoms with Crippen molar-refractivity contribution in [3.05, 3.63) is 64.2 Å². The van der Waals surface area contributed by atoms with E-state index in [-0.39, 0.29) is 6.42 Å². The molecule has 1 unspecified atom stereocenters. The first-order chi connectivity index (χ1) is 11.9. The first kappa shape index (κ1) is 18.5. The van der Waals surface area contributed by atoms with Crippen molar-refractivity contribution in [1.29, 1.82) is 5.26 Å². The second kappa shape index (κ2) is 8.32. The molecule has 1 amide bonds. The Morgan fingerprint density at radius 2 is 2.04 bits per heavy atom. The van der Waals surface area contributed by atoms with Gasteiger partial charge in [0.1, 0.15) is 0 Å². The van der Waals surface area contributed by atoms with Crippen molar-refractivity contribution in [2.45, 2.75) is 26.4 Å². The van der Waals surface area contributed by atoms with Crippen LogP contribution in [0.25, 0.3) is 0 Å². The zero-order valence-corrected chi connectivity index (χ0v) is 14.6. The highest BCUT2D eigenvalue weighted by Crippen LogP contribution is 2.19. The molecule has 1 N–H and O–H groups in total. The molecule has 0 aliphatic rings. The van der Waals surface area contributed by atoms with Gasteiger partial charge in [-0.25, -0.2) is 0 Å². The summed E-state index contributed by atoms with van der Waals surface area (Å²) in [5.74, 6) is -1.02. The van der Waals surface area contributed by atoms with E-state index in [0.29, 0.717) is 21.8 Å². The van der Waals surface area contributed by atoms with Gasteiger partial charge in [-0.1, -0.05) is 29.8 Å². The van der Waals surface area contributed by atoms with Crippen molar-refractivity contribution in [3.8, 4) is 6.07 Å². The average molecular weight is 357 g/mol. The van der Waals surface area contributed by atoms with E-state index in [9.17, 15) is 9.59 Å². The molecule has 2 aromatic carbocycles. The summed E-state index contributed by atoms with van der Waals surface area (Å²) >= 11 is 6.10. The fourth-order valence-electron chi connectivity index (χ4n) is 2.15. The third-order valence-electron chi connectivity index (χ3n) is 3.48. The van der Waals surface area contributed by atoms with Crippen LogP contribution in [0.2, 0.25) is 5.02 Å². The fraction of sp³-hybridized carbons (Fsp3) is 0.211. The molecule has 25 heavy (non-hydrogen) atoms. The van der Waals surface area contributed by atoms with Crippen molar-refractivity contribution in [3.63, 3.8) is 0 Å². The average Bonchev–Trinajstić information content (AvgIpc) is 2.57. The van der Waals surface area contributed by atoms with Gasteiger partial charge in [-0.05, 0) is 49.2 Å². The summed E-state index contributed by atoms with van der Waals surface area (Å²) in [6.45, 7) is 3.39. The minimum absolute atomic E-state index is 0.0132. The van der Waals surface area contributed by atoms with Crippen molar-refractivity contribution in [2.24, 2.45) is 0 Å². The van der Waals surface area contributed by atoms with Crippen LogP contribution in [0, 0.1) is 18.3 Å². The molecule has 0 spiro atoms. The molecule has 6 heteroatoms. The summed E-state index contributed by atoms with van der Waals surface area (Å²) in [7, 11) is 0. The molecule has 0 bridgehead atoms. The molecule has 2 aromatic rings. The van der Waals surface area contributed by atoms with Crippen LogP contribution < -0.4 is 5.32 Å². The summed E-state index contributed by atoms with van der Waals surface area (Å²) in [5.41, 5.74) is 2.53. The predicted octanol–water partition coefficient (Wildman–Crippen LogP) is 3.63. The Morgan fingerprint density at radius 3 is 2.72 bits per heavy atom. The molecule has 5 nitrogen and oxygen atoms in total. The number of halogens is 1. The lowest BCUT2D eigenvalue weighted by Gasteiger charge is -2.14. The first-order valence-corrected chi connectivity index (χ1v) is 8.02. The van der Waals surface area contributed by atoms with Crippen molar-refractivity contribution in [2.75, 3.05) is 5.32 Å². The summed E-state index contributed by atoms with van der Waals surface area (Å²) < 4.78 is 5.16. The molecule has 0 aromatic heterocycles. The molecule has 0 fully saturated rings. The molecule has 0 heterocycles. The monoisotopic (exact) mass is 356 g/mol. The normalized spacial score (nSPS) is 11.3. The second-order valence-corrected chi connectivity index (χ2v) is 5.99. The summed E-state index contributed by atoms with van der Waals surface area (Å²) in [4.78, 5) is 24.1. The van der Waals surface area contributed by atoms with Crippen LogP contribution in [0.3, 0.4) is 0 Å². The van der Waals surface area contributed by atoms with Gasteiger partial charge < -0.3 is 10.1 Å². The fourth-order valence-corrected chi connectivity index (χ4v) is 2.46. The number of amides is 1. The lowest BCUT2D eigenvalue weighted by Crippen LogP contribution is -2.30. The maximum atomic E-state index is 12.1. The summed E-state index contributed by atoms with van der Waals surface area (Å²) in [6.07, 6.45) is -0.983. The van der Waals surface area contributed by atoms with Crippen LogP contribution in [-0.2, 0) is 20.7 Å². The highest BCUT2D eigenvalue weighted by atomic mass is 35.5. The van der Waals surface area contributed by atoms with E-state index in [0.717, 1.165) is 5.56 Å². The van der Waals surface area contributed by atoms with Gasteiger partial charge in [0.2, 0.25) is 0 Å². The number of aryl methyl sites for hydroxylation is 1. The Kier molecular flexibility index (Phi) is 6.15. The highest BCUT2D eigenvalue weighted by Gasteiger charge is 2.19. The topological polar surface area (TPSA) is 79.2 Å². The number of hydrogen-bond donors (Lipinski definition) is 1. The molecule has 2 rings (SSSR count). The number of esters is 1. The maximum Gasteiger partial charge on any atom is 0.311 e. The molecule has 0 aliphatic carbocycles. The number of nitrogens with zero attached hydrogens (tertiary/aromatic N) is 1. The SMILES string of the molecule is Cc1ccc(CC(=O)OC(C)C(=O)Nc2cccc(C#N)c2)c(Cl)c1. The van der Waals surface area contributed by atoms with Crippen LogP contribution >= 0.6 is 11.6 Å². The van der Waals surface area contributed by atoms with Gasteiger partial charge >= 0.3 is 5.97 Å². The molecular formula is C19H17ClN2O3. The first-order valence-electron chi connectivity index (χ1n) is 7.64. The highest BCUT2D eigenvalue weighted by molar-refractivity contribution is 6.31. The number of nitriles is 1. The predicted molar refractivity (Wildman–Crippen MR) is 95.2 cm³/mol. The number of carbonyl (C=O) groups is 2. The smallest absolute Gasteiger partial charge is 0.311 e. The molecule has 0 saturated heterocycles. The van der Waals surface area contributed by atoms with E-state index < -0.39 is 18.0 Å².